The average molecular weight is 364 g/mol. The lowest BCUT2D eigenvalue weighted by Crippen LogP contribution is -2.52. The first-order valence-electron chi connectivity index (χ1n) is 9.24. The second-order valence-electron chi connectivity index (χ2n) is 7.78. The third-order valence-electron chi connectivity index (χ3n) is 4.96. The molecule has 0 bridgehead atoms. The maximum atomic E-state index is 13.8. The molecule has 0 fully saturated rings. The molecule has 0 amide bonds. The molecule has 0 aliphatic carbocycles. The van der Waals surface area contributed by atoms with E-state index in [4.69, 9.17) is 0 Å². The molecule has 1 aliphatic heterocycles. The Morgan fingerprint density at radius 3 is 2.59 bits per heavy atom. The van der Waals surface area contributed by atoms with Crippen LogP contribution in [0.3, 0.4) is 0 Å². The topological polar surface area (TPSA) is 24.9 Å². The van der Waals surface area contributed by atoms with E-state index in [2.05, 4.69) is 30.2 Å². The minimum absolute atomic E-state index is 0.200. The van der Waals surface area contributed by atoms with Gasteiger partial charge in [-0.1, -0.05) is 38.1 Å². The molecule has 3 aromatic rings. The van der Waals surface area contributed by atoms with Gasteiger partial charge in [0.2, 0.25) is 0 Å². The first-order chi connectivity index (χ1) is 12.9. The number of pyridine rings is 1. The molecular formula is C23H22F2N2. The third-order valence-corrected chi connectivity index (χ3v) is 4.96. The van der Waals surface area contributed by atoms with Crippen LogP contribution < -0.4 is 5.32 Å². The van der Waals surface area contributed by atoms with E-state index in [1.165, 1.54) is 12.1 Å². The van der Waals surface area contributed by atoms with Crippen molar-refractivity contribution in [2.45, 2.75) is 32.2 Å². The van der Waals surface area contributed by atoms with E-state index in [0.29, 0.717) is 11.4 Å². The molecule has 2 heterocycles. The van der Waals surface area contributed by atoms with Crippen LogP contribution in [-0.4, -0.2) is 10.5 Å². The van der Waals surface area contributed by atoms with Gasteiger partial charge in [-0.3, -0.25) is 4.98 Å². The first kappa shape index (κ1) is 17.7. The molecule has 1 aliphatic rings. The minimum Gasteiger partial charge on any atom is -0.375 e. The maximum absolute atomic E-state index is 13.8. The van der Waals surface area contributed by atoms with Crippen LogP contribution in [0, 0.1) is 17.6 Å². The number of rotatable bonds is 5. The highest BCUT2D eigenvalue weighted by Crippen LogP contribution is 2.36. The second kappa shape index (κ2) is 6.76. The van der Waals surface area contributed by atoms with Gasteiger partial charge in [0.25, 0.3) is 0 Å². The zero-order valence-corrected chi connectivity index (χ0v) is 15.5. The number of hydrogen-bond donors (Lipinski definition) is 1. The quantitative estimate of drug-likeness (QED) is 0.648. The SMILES string of the molecule is CC(C)CC1(Cc2cccc(F)c2)C=C(c2cnc3c(F)cccc3c2)N1. The number of nitrogens with zero attached hydrogens (tertiary/aromatic N) is 1. The number of aromatic nitrogens is 1. The summed E-state index contributed by atoms with van der Waals surface area (Å²) in [6, 6.07) is 13.7. The van der Waals surface area contributed by atoms with Gasteiger partial charge in [0.05, 0.1) is 5.54 Å². The molecule has 0 spiro atoms. The van der Waals surface area contributed by atoms with Crippen molar-refractivity contribution in [2.24, 2.45) is 5.92 Å². The van der Waals surface area contributed by atoms with Crippen molar-refractivity contribution in [2.75, 3.05) is 0 Å². The number of hydrogen-bond acceptors (Lipinski definition) is 2. The fraction of sp³-hybridized carbons (Fsp3) is 0.261. The van der Waals surface area contributed by atoms with Crippen LogP contribution in [0.2, 0.25) is 0 Å². The van der Waals surface area contributed by atoms with E-state index < -0.39 is 0 Å². The van der Waals surface area contributed by atoms with Gasteiger partial charge in [-0.05, 0) is 54.7 Å². The van der Waals surface area contributed by atoms with Crippen LogP contribution >= 0.6 is 0 Å². The molecule has 2 aromatic carbocycles. The Bertz CT molecular complexity index is 1030. The zero-order valence-electron chi connectivity index (χ0n) is 15.5. The highest BCUT2D eigenvalue weighted by Gasteiger charge is 2.37. The van der Waals surface area contributed by atoms with Crippen molar-refractivity contribution in [1.29, 1.82) is 0 Å². The van der Waals surface area contributed by atoms with E-state index >= 15 is 0 Å². The summed E-state index contributed by atoms with van der Waals surface area (Å²) in [7, 11) is 0. The van der Waals surface area contributed by atoms with Gasteiger partial charge in [-0.25, -0.2) is 8.78 Å². The predicted molar refractivity (Wildman–Crippen MR) is 105 cm³/mol. The van der Waals surface area contributed by atoms with Crippen molar-refractivity contribution in [3.63, 3.8) is 0 Å². The number of fused-ring (bicyclic) bond motifs is 1. The first-order valence-corrected chi connectivity index (χ1v) is 9.24. The zero-order chi connectivity index (χ0) is 19.0. The Kier molecular flexibility index (Phi) is 4.42. The monoisotopic (exact) mass is 364 g/mol. The molecular weight excluding hydrogens is 342 g/mol. The Hall–Kier alpha value is -2.75. The largest absolute Gasteiger partial charge is 0.375 e. The summed E-state index contributed by atoms with van der Waals surface area (Å²) in [6.07, 6.45) is 5.58. The lowest BCUT2D eigenvalue weighted by molar-refractivity contribution is 0.341. The van der Waals surface area contributed by atoms with Crippen molar-refractivity contribution in [3.05, 3.63) is 83.6 Å². The summed E-state index contributed by atoms with van der Waals surface area (Å²) >= 11 is 0. The molecule has 0 saturated heterocycles. The van der Waals surface area contributed by atoms with Crippen LogP contribution in [0.5, 0.6) is 0 Å². The lowest BCUT2D eigenvalue weighted by Gasteiger charge is -2.44. The smallest absolute Gasteiger partial charge is 0.149 e. The molecule has 27 heavy (non-hydrogen) atoms. The average Bonchev–Trinajstić information content (AvgIpc) is 2.58. The van der Waals surface area contributed by atoms with Gasteiger partial charge in [-0.2, -0.15) is 0 Å². The molecule has 0 radical (unpaired) electrons. The molecule has 4 heteroatoms. The molecule has 1 N–H and O–H groups in total. The van der Waals surface area contributed by atoms with E-state index in [9.17, 15) is 8.78 Å². The van der Waals surface area contributed by atoms with E-state index in [0.717, 1.165) is 35.1 Å². The van der Waals surface area contributed by atoms with Gasteiger partial charge in [0.15, 0.2) is 0 Å². The fourth-order valence-electron chi connectivity index (χ4n) is 3.98. The standard InChI is InChI=1S/C23H22F2N2/c1-15(2)11-23(12-16-5-3-7-19(24)9-16)13-21(27-23)18-10-17-6-4-8-20(25)22(17)26-14-18/h3-10,13-15,27H,11-12H2,1-2H3. The predicted octanol–water partition coefficient (Wildman–Crippen LogP) is 5.48. The molecule has 0 saturated carbocycles. The van der Waals surface area contributed by atoms with Gasteiger partial charge in [-0.15, -0.1) is 0 Å². The van der Waals surface area contributed by atoms with Crippen LogP contribution in [0.1, 0.15) is 31.4 Å². The summed E-state index contributed by atoms with van der Waals surface area (Å²) in [4.78, 5) is 4.28. The molecule has 138 valence electrons. The number of benzene rings is 2. The fourth-order valence-corrected chi connectivity index (χ4v) is 3.98. The van der Waals surface area contributed by atoms with Gasteiger partial charge < -0.3 is 5.32 Å². The summed E-state index contributed by atoms with van der Waals surface area (Å²) in [5.41, 5.74) is 3.08. The van der Waals surface area contributed by atoms with Crippen molar-refractivity contribution >= 4 is 16.6 Å². The molecule has 1 aromatic heterocycles. The van der Waals surface area contributed by atoms with Crippen LogP contribution in [0.25, 0.3) is 16.6 Å². The van der Waals surface area contributed by atoms with Crippen molar-refractivity contribution in [3.8, 4) is 0 Å². The summed E-state index contributed by atoms with van der Waals surface area (Å²) in [6.45, 7) is 4.36. The van der Waals surface area contributed by atoms with Gasteiger partial charge in [0, 0.05) is 22.8 Å². The van der Waals surface area contributed by atoms with Gasteiger partial charge in [0.1, 0.15) is 17.2 Å². The third kappa shape index (κ3) is 3.57. The van der Waals surface area contributed by atoms with Crippen molar-refractivity contribution in [1.82, 2.24) is 10.3 Å². The summed E-state index contributed by atoms with van der Waals surface area (Å²) < 4.78 is 27.4. The Balaban J connectivity index is 1.65. The summed E-state index contributed by atoms with van der Waals surface area (Å²) in [5.74, 6) is -0.0287. The number of halogens is 2. The van der Waals surface area contributed by atoms with Crippen molar-refractivity contribution < 1.29 is 8.78 Å². The Morgan fingerprint density at radius 2 is 1.85 bits per heavy atom. The molecule has 4 rings (SSSR count). The second-order valence-corrected chi connectivity index (χ2v) is 7.78. The lowest BCUT2D eigenvalue weighted by atomic mass is 9.77. The number of para-hydroxylation sites is 1. The molecule has 1 atom stereocenters. The Labute approximate surface area is 157 Å². The van der Waals surface area contributed by atoms with Crippen LogP contribution in [0.4, 0.5) is 8.78 Å². The van der Waals surface area contributed by atoms with E-state index in [-0.39, 0.29) is 17.2 Å². The highest BCUT2D eigenvalue weighted by atomic mass is 19.1. The van der Waals surface area contributed by atoms with Crippen LogP contribution in [0.15, 0.2) is 60.8 Å². The maximum Gasteiger partial charge on any atom is 0.149 e. The molecule has 1 unspecified atom stereocenters. The van der Waals surface area contributed by atoms with E-state index in [1.807, 2.05) is 18.2 Å². The number of nitrogens with one attached hydrogen (secondary N) is 1. The normalized spacial score (nSPS) is 18.9. The minimum atomic E-state index is -0.310. The summed E-state index contributed by atoms with van der Waals surface area (Å²) in [5, 5.41) is 4.37. The Morgan fingerprint density at radius 1 is 1.07 bits per heavy atom. The van der Waals surface area contributed by atoms with Gasteiger partial charge >= 0.3 is 0 Å². The molecule has 2 nitrogen and oxygen atoms in total. The van der Waals surface area contributed by atoms with Crippen LogP contribution in [-0.2, 0) is 6.42 Å². The highest BCUT2D eigenvalue weighted by molar-refractivity contribution is 5.84. The van der Waals surface area contributed by atoms with E-state index in [1.54, 1.807) is 24.4 Å².